The number of carbonyl (C=O) groups excluding carboxylic acids is 1. The van der Waals surface area contributed by atoms with Gasteiger partial charge in [-0.15, -0.1) is 11.3 Å². The van der Waals surface area contributed by atoms with Gasteiger partial charge in [-0.05, 0) is 18.9 Å². The van der Waals surface area contributed by atoms with Crippen LogP contribution in [0.4, 0.5) is 0 Å². The fraction of sp³-hybridized carbons (Fsp3) is 0.462. The van der Waals surface area contributed by atoms with Crippen molar-refractivity contribution in [1.29, 1.82) is 0 Å². The lowest BCUT2D eigenvalue weighted by Gasteiger charge is -2.04. The lowest BCUT2D eigenvalue weighted by atomic mass is 10.0. The summed E-state index contributed by atoms with van der Waals surface area (Å²) >= 11 is 1.64. The van der Waals surface area contributed by atoms with Crippen LogP contribution in [-0.2, 0) is 11.2 Å². The van der Waals surface area contributed by atoms with Gasteiger partial charge in [0.1, 0.15) is 16.9 Å². The average molecular weight is 248 g/mol. The molecule has 3 nitrogen and oxygen atoms in total. The summed E-state index contributed by atoms with van der Waals surface area (Å²) in [6.07, 6.45) is 2.60. The predicted molar refractivity (Wildman–Crippen MR) is 70.3 cm³/mol. The minimum atomic E-state index is 0.254. The van der Waals surface area contributed by atoms with E-state index >= 15 is 0 Å². The summed E-state index contributed by atoms with van der Waals surface area (Å²) in [6.45, 7) is 6.16. The maximum Gasteiger partial charge on any atom is 0.139 e. The van der Waals surface area contributed by atoms with Gasteiger partial charge >= 0.3 is 0 Å². The molecular weight excluding hydrogens is 232 g/mol. The molecule has 2 rings (SSSR count). The average Bonchev–Trinajstić information content (AvgIpc) is 2.58. The number of carbonyl (C=O) groups is 1. The van der Waals surface area contributed by atoms with Crippen LogP contribution in [0.15, 0.2) is 12.4 Å². The van der Waals surface area contributed by atoms with E-state index in [1.165, 1.54) is 4.88 Å². The molecule has 0 bridgehead atoms. The van der Waals surface area contributed by atoms with E-state index < -0.39 is 0 Å². The molecule has 0 radical (unpaired) electrons. The molecule has 0 aromatic carbocycles. The van der Waals surface area contributed by atoms with Crippen molar-refractivity contribution in [1.82, 2.24) is 9.97 Å². The molecule has 0 aliphatic carbocycles. The van der Waals surface area contributed by atoms with Gasteiger partial charge in [-0.1, -0.05) is 13.8 Å². The smallest absolute Gasteiger partial charge is 0.139 e. The fourth-order valence-electron chi connectivity index (χ4n) is 1.88. The molecule has 17 heavy (non-hydrogen) atoms. The SMILES string of the molecule is Cc1cc2c(CC(=O)CC(C)C)ncnc2s1. The summed E-state index contributed by atoms with van der Waals surface area (Å²) in [4.78, 5) is 22.5. The lowest BCUT2D eigenvalue weighted by molar-refractivity contribution is -0.119. The van der Waals surface area contributed by atoms with Gasteiger partial charge in [0.15, 0.2) is 0 Å². The zero-order valence-electron chi connectivity index (χ0n) is 10.4. The second kappa shape index (κ2) is 4.92. The summed E-state index contributed by atoms with van der Waals surface area (Å²) in [5, 5.41) is 1.03. The number of rotatable bonds is 4. The molecule has 0 saturated carbocycles. The van der Waals surface area contributed by atoms with E-state index in [2.05, 4.69) is 29.9 Å². The second-order valence-corrected chi connectivity index (χ2v) is 5.94. The number of aryl methyl sites for hydroxylation is 1. The Morgan fingerprint density at radius 1 is 1.41 bits per heavy atom. The number of fused-ring (bicyclic) bond motifs is 1. The minimum absolute atomic E-state index is 0.254. The Bertz CT molecular complexity index is 545. The van der Waals surface area contributed by atoms with Crippen LogP contribution >= 0.6 is 11.3 Å². The van der Waals surface area contributed by atoms with Crippen LogP contribution in [-0.4, -0.2) is 15.8 Å². The maximum atomic E-state index is 11.8. The highest BCUT2D eigenvalue weighted by atomic mass is 32.1. The number of ketones is 1. The summed E-state index contributed by atoms with van der Waals surface area (Å²) < 4.78 is 0. The summed E-state index contributed by atoms with van der Waals surface area (Å²) in [7, 11) is 0. The van der Waals surface area contributed by atoms with Crippen LogP contribution in [0.25, 0.3) is 10.2 Å². The van der Waals surface area contributed by atoms with E-state index in [0.29, 0.717) is 18.8 Å². The van der Waals surface area contributed by atoms with Gasteiger partial charge < -0.3 is 0 Å². The quantitative estimate of drug-likeness (QED) is 0.834. The number of hydrogen-bond donors (Lipinski definition) is 0. The van der Waals surface area contributed by atoms with E-state index in [1.54, 1.807) is 17.7 Å². The van der Waals surface area contributed by atoms with Gasteiger partial charge in [0, 0.05) is 23.1 Å². The normalized spacial score (nSPS) is 11.3. The Morgan fingerprint density at radius 3 is 2.88 bits per heavy atom. The third-order valence-corrected chi connectivity index (χ3v) is 3.49. The standard InChI is InChI=1S/C13H16N2OS/c1-8(2)4-10(16)6-12-11-5-9(3)17-13(11)15-7-14-12/h5,7-8H,4,6H2,1-3H3. The summed E-state index contributed by atoms with van der Waals surface area (Å²) in [6, 6.07) is 2.07. The molecule has 2 aromatic heterocycles. The molecule has 0 fully saturated rings. The van der Waals surface area contributed by atoms with Gasteiger partial charge in [-0.25, -0.2) is 9.97 Å². The number of thiophene rings is 1. The Kier molecular flexibility index (Phi) is 3.52. The van der Waals surface area contributed by atoms with Gasteiger partial charge in [0.25, 0.3) is 0 Å². The third-order valence-electron chi connectivity index (χ3n) is 2.54. The zero-order chi connectivity index (χ0) is 12.4. The van der Waals surface area contributed by atoms with Crippen molar-refractivity contribution in [2.45, 2.75) is 33.6 Å². The van der Waals surface area contributed by atoms with Crippen molar-refractivity contribution < 1.29 is 4.79 Å². The number of hydrogen-bond acceptors (Lipinski definition) is 4. The minimum Gasteiger partial charge on any atom is -0.299 e. The Labute approximate surface area is 105 Å². The molecule has 0 spiro atoms. The van der Waals surface area contributed by atoms with Gasteiger partial charge in [-0.2, -0.15) is 0 Å². The molecule has 2 aromatic rings. The molecule has 0 aliphatic heterocycles. The van der Waals surface area contributed by atoms with E-state index in [9.17, 15) is 4.79 Å². The van der Waals surface area contributed by atoms with E-state index in [4.69, 9.17) is 0 Å². The molecule has 0 N–H and O–H groups in total. The molecule has 0 amide bonds. The third kappa shape index (κ3) is 2.88. The van der Waals surface area contributed by atoms with Gasteiger partial charge in [0.2, 0.25) is 0 Å². The van der Waals surface area contributed by atoms with E-state index in [1.807, 2.05) is 6.92 Å². The van der Waals surface area contributed by atoms with Crippen LogP contribution in [0.1, 0.15) is 30.8 Å². The first kappa shape index (κ1) is 12.2. The van der Waals surface area contributed by atoms with Crippen LogP contribution in [0, 0.1) is 12.8 Å². The van der Waals surface area contributed by atoms with E-state index in [-0.39, 0.29) is 5.78 Å². The van der Waals surface area contributed by atoms with Crippen molar-refractivity contribution >= 4 is 27.3 Å². The Morgan fingerprint density at radius 2 is 2.18 bits per heavy atom. The molecule has 0 saturated heterocycles. The van der Waals surface area contributed by atoms with Crippen LogP contribution in [0.5, 0.6) is 0 Å². The molecule has 0 aliphatic rings. The predicted octanol–water partition coefficient (Wildman–Crippen LogP) is 3.16. The lowest BCUT2D eigenvalue weighted by Crippen LogP contribution is -2.07. The molecule has 0 atom stereocenters. The highest BCUT2D eigenvalue weighted by Crippen LogP contribution is 2.25. The summed E-state index contributed by atoms with van der Waals surface area (Å²) in [5.74, 6) is 0.660. The Balaban J connectivity index is 2.26. The van der Waals surface area contributed by atoms with Crippen LogP contribution < -0.4 is 0 Å². The van der Waals surface area contributed by atoms with Crippen molar-refractivity contribution in [3.8, 4) is 0 Å². The van der Waals surface area contributed by atoms with Crippen molar-refractivity contribution in [2.75, 3.05) is 0 Å². The monoisotopic (exact) mass is 248 g/mol. The van der Waals surface area contributed by atoms with Crippen molar-refractivity contribution in [3.05, 3.63) is 23.0 Å². The first-order valence-electron chi connectivity index (χ1n) is 5.78. The second-order valence-electron chi connectivity index (χ2n) is 4.71. The number of Topliss-reactive ketones (excluding diaryl/α,β-unsaturated/α-hetero) is 1. The molecular formula is C13H16N2OS. The van der Waals surface area contributed by atoms with Crippen molar-refractivity contribution in [2.24, 2.45) is 5.92 Å². The van der Waals surface area contributed by atoms with Gasteiger partial charge in [0.05, 0.1) is 5.69 Å². The van der Waals surface area contributed by atoms with E-state index in [0.717, 1.165) is 15.9 Å². The number of aromatic nitrogens is 2. The highest BCUT2D eigenvalue weighted by Gasteiger charge is 2.12. The summed E-state index contributed by atoms with van der Waals surface area (Å²) in [5.41, 5.74) is 0.866. The highest BCUT2D eigenvalue weighted by molar-refractivity contribution is 7.18. The van der Waals surface area contributed by atoms with Crippen LogP contribution in [0.2, 0.25) is 0 Å². The fourth-order valence-corrected chi connectivity index (χ4v) is 2.75. The van der Waals surface area contributed by atoms with Gasteiger partial charge in [-0.3, -0.25) is 4.79 Å². The molecule has 4 heteroatoms. The molecule has 90 valence electrons. The zero-order valence-corrected chi connectivity index (χ0v) is 11.2. The maximum absolute atomic E-state index is 11.8. The van der Waals surface area contributed by atoms with Crippen molar-refractivity contribution in [3.63, 3.8) is 0 Å². The van der Waals surface area contributed by atoms with Crippen LogP contribution in [0.3, 0.4) is 0 Å². The molecule has 0 unspecified atom stereocenters. The Hall–Kier alpha value is -1.29. The first-order valence-corrected chi connectivity index (χ1v) is 6.59. The molecule has 2 heterocycles. The number of nitrogens with zero attached hydrogens (tertiary/aromatic N) is 2. The largest absolute Gasteiger partial charge is 0.299 e. The first-order chi connectivity index (χ1) is 8.06. The topological polar surface area (TPSA) is 42.9 Å².